The van der Waals surface area contributed by atoms with Crippen LogP contribution in [0.1, 0.15) is 54.4 Å². The van der Waals surface area contributed by atoms with Gasteiger partial charge in [-0.25, -0.2) is 0 Å². The van der Waals surface area contributed by atoms with E-state index in [4.69, 9.17) is 0 Å². The van der Waals surface area contributed by atoms with Gasteiger partial charge in [-0.3, -0.25) is 4.79 Å². The lowest BCUT2D eigenvalue weighted by Gasteiger charge is -2.39. The van der Waals surface area contributed by atoms with E-state index < -0.39 is 0 Å². The number of hydrogen-bond acceptors (Lipinski definition) is 1. The summed E-state index contributed by atoms with van der Waals surface area (Å²) in [5, 5.41) is 3.14. The van der Waals surface area contributed by atoms with Gasteiger partial charge in [0.15, 0.2) is 0 Å². The predicted molar refractivity (Wildman–Crippen MR) is 77.2 cm³/mol. The van der Waals surface area contributed by atoms with Gasteiger partial charge in [0.25, 0.3) is 0 Å². The number of amides is 1. The van der Waals surface area contributed by atoms with E-state index in [0.717, 1.165) is 6.54 Å². The first-order valence-corrected chi connectivity index (χ1v) is 7.65. The summed E-state index contributed by atoms with van der Waals surface area (Å²) in [4.78, 5) is 11.9. The van der Waals surface area contributed by atoms with Gasteiger partial charge in [0, 0.05) is 13.0 Å². The highest BCUT2D eigenvalue weighted by molar-refractivity contribution is 5.76. The molecular formula is C16H31NO. The van der Waals surface area contributed by atoms with Crippen molar-refractivity contribution < 1.29 is 4.79 Å². The summed E-state index contributed by atoms with van der Waals surface area (Å²) in [7, 11) is 0. The van der Waals surface area contributed by atoms with Crippen LogP contribution in [0.3, 0.4) is 0 Å². The number of rotatable bonds is 4. The third kappa shape index (κ3) is 3.49. The van der Waals surface area contributed by atoms with Crippen LogP contribution in [0.4, 0.5) is 0 Å². The van der Waals surface area contributed by atoms with E-state index in [2.05, 4.69) is 46.9 Å². The Morgan fingerprint density at radius 2 is 1.72 bits per heavy atom. The van der Waals surface area contributed by atoms with Crippen LogP contribution >= 0.6 is 0 Å². The van der Waals surface area contributed by atoms with Crippen LogP contribution in [0, 0.1) is 35.5 Å². The molecule has 1 rings (SSSR count). The van der Waals surface area contributed by atoms with Crippen LogP contribution in [-0.2, 0) is 4.79 Å². The molecule has 4 atom stereocenters. The van der Waals surface area contributed by atoms with Crippen molar-refractivity contribution in [3.8, 4) is 0 Å². The summed E-state index contributed by atoms with van der Waals surface area (Å²) < 4.78 is 0. The van der Waals surface area contributed by atoms with Gasteiger partial charge >= 0.3 is 0 Å². The van der Waals surface area contributed by atoms with E-state index in [-0.39, 0.29) is 5.91 Å². The van der Waals surface area contributed by atoms with Crippen molar-refractivity contribution in [2.75, 3.05) is 6.54 Å². The first-order chi connectivity index (χ1) is 8.38. The van der Waals surface area contributed by atoms with E-state index in [1.165, 1.54) is 6.42 Å². The minimum absolute atomic E-state index is 0.255. The number of carbonyl (C=O) groups excluding carboxylic acids is 1. The Morgan fingerprint density at radius 1 is 1.11 bits per heavy atom. The van der Waals surface area contributed by atoms with Crippen molar-refractivity contribution >= 4 is 5.91 Å². The molecule has 0 aromatic rings. The second kappa shape index (κ2) is 6.58. The average molecular weight is 253 g/mol. The van der Waals surface area contributed by atoms with Gasteiger partial charge in [-0.2, -0.15) is 0 Å². The predicted octanol–water partition coefficient (Wildman–Crippen LogP) is 3.71. The summed E-state index contributed by atoms with van der Waals surface area (Å²) in [5.74, 6) is 4.03. The second-order valence-corrected chi connectivity index (χ2v) is 6.79. The molecule has 0 aromatic heterocycles. The molecule has 0 bridgehead atoms. The molecule has 0 aliphatic carbocycles. The van der Waals surface area contributed by atoms with Crippen molar-refractivity contribution in [2.24, 2.45) is 35.5 Å². The lowest BCUT2D eigenvalue weighted by atomic mass is 9.66. The van der Waals surface area contributed by atoms with E-state index in [1.807, 2.05) is 0 Å². The number of nitrogens with one attached hydrogen (secondary N) is 1. The van der Waals surface area contributed by atoms with Crippen LogP contribution in [-0.4, -0.2) is 12.5 Å². The Hall–Kier alpha value is -0.530. The van der Waals surface area contributed by atoms with Crippen molar-refractivity contribution in [3.05, 3.63) is 0 Å². The molecular weight excluding hydrogens is 222 g/mol. The lowest BCUT2D eigenvalue weighted by Crippen LogP contribution is -2.36. The average Bonchev–Trinajstić information content (AvgIpc) is 2.47. The Bertz CT molecular complexity index is 272. The fraction of sp³-hybridized carbons (Fsp3) is 0.938. The molecule has 1 N–H and O–H groups in total. The maximum atomic E-state index is 11.9. The maximum absolute atomic E-state index is 11.9. The minimum Gasteiger partial charge on any atom is -0.356 e. The molecule has 1 amide bonds. The van der Waals surface area contributed by atoms with Crippen LogP contribution in [0.25, 0.3) is 0 Å². The fourth-order valence-corrected chi connectivity index (χ4v) is 3.66. The zero-order valence-electron chi connectivity index (χ0n) is 13.0. The molecule has 2 nitrogen and oxygen atoms in total. The molecule has 1 fully saturated rings. The zero-order valence-corrected chi connectivity index (χ0v) is 13.0. The summed E-state index contributed by atoms with van der Waals surface area (Å²) in [6, 6.07) is 0. The molecule has 2 heteroatoms. The van der Waals surface area contributed by atoms with Crippen molar-refractivity contribution in [3.63, 3.8) is 0 Å². The SMILES string of the molecule is CCC(C)C1CNC(=O)CC(C(C)C)C1C(C)C. The molecule has 4 unspecified atom stereocenters. The van der Waals surface area contributed by atoms with E-state index >= 15 is 0 Å². The van der Waals surface area contributed by atoms with Crippen molar-refractivity contribution in [1.82, 2.24) is 5.32 Å². The van der Waals surface area contributed by atoms with Gasteiger partial charge in [-0.05, 0) is 35.5 Å². The first-order valence-electron chi connectivity index (χ1n) is 7.65. The standard InChI is InChI=1S/C16H31NO/c1-7-12(6)14-9-17-15(18)8-13(10(2)3)16(14)11(4)5/h10-14,16H,7-9H2,1-6H3,(H,17,18). The summed E-state index contributed by atoms with van der Waals surface area (Å²) >= 11 is 0. The molecule has 18 heavy (non-hydrogen) atoms. The van der Waals surface area contributed by atoms with Crippen LogP contribution < -0.4 is 5.32 Å². The molecule has 0 aromatic carbocycles. The quantitative estimate of drug-likeness (QED) is 0.813. The Kier molecular flexibility index (Phi) is 5.68. The monoisotopic (exact) mass is 253 g/mol. The Morgan fingerprint density at radius 3 is 2.17 bits per heavy atom. The normalized spacial score (nSPS) is 31.3. The Labute approximate surface area is 113 Å². The molecule has 1 saturated heterocycles. The summed E-state index contributed by atoms with van der Waals surface area (Å²) in [5.41, 5.74) is 0. The molecule has 106 valence electrons. The highest BCUT2D eigenvalue weighted by atomic mass is 16.1. The second-order valence-electron chi connectivity index (χ2n) is 6.79. The van der Waals surface area contributed by atoms with Gasteiger partial charge < -0.3 is 5.32 Å². The van der Waals surface area contributed by atoms with Gasteiger partial charge in [0.2, 0.25) is 5.91 Å². The molecule has 0 saturated carbocycles. The largest absolute Gasteiger partial charge is 0.356 e. The topological polar surface area (TPSA) is 29.1 Å². The maximum Gasteiger partial charge on any atom is 0.220 e. The van der Waals surface area contributed by atoms with Crippen LogP contribution in [0.2, 0.25) is 0 Å². The third-order valence-electron chi connectivity index (χ3n) is 4.95. The van der Waals surface area contributed by atoms with Crippen molar-refractivity contribution in [2.45, 2.75) is 54.4 Å². The first kappa shape index (κ1) is 15.5. The molecule has 0 spiro atoms. The highest BCUT2D eigenvalue weighted by Crippen LogP contribution is 2.40. The third-order valence-corrected chi connectivity index (χ3v) is 4.95. The van der Waals surface area contributed by atoms with Gasteiger partial charge in [0.1, 0.15) is 0 Å². The molecule has 1 heterocycles. The molecule has 1 aliphatic rings. The zero-order chi connectivity index (χ0) is 13.9. The van der Waals surface area contributed by atoms with E-state index in [1.54, 1.807) is 0 Å². The smallest absolute Gasteiger partial charge is 0.220 e. The van der Waals surface area contributed by atoms with E-state index in [9.17, 15) is 4.79 Å². The fourth-order valence-electron chi connectivity index (χ4n) is 3.66. The molecule has 0 radical (unpaired) electrons. The highest BCUT2D eigenvalue weighted by Gasteiger charge is 2.39. The number of carbonyl (C=O) groups is 1. The summed E-state index contributed by atoms with van der Waals surface area (Å²) in [6.07, 6.45) is 1.92. The van der Waals surface area contributed by atoms with Gasteiger partial charge in [-0.15, -0.1) is 0 Å². The Balaban J connectivity index is 3.02. The summed E-state index contributed by atoms with van der Waals surface area (Å²) in [6.45, 7) is 14.7. The van der Waals surface area contributed by atoms with Gasteiger partial charge in [0.05, 0.1) is 0 Å². The van der Waals surface area contributed by atoms with E-state index in [0.29, 0.717) is 41.9 Å². The van der Waals surface area contributed by atoms with Crippen molar-refractivity contribution in [1.29, 1.82) is 0 Å². The lowest BCUT2D eigenvalue weighted by molar-refractivity contribution is -0.122. The minimum atomic E-state index is 0.255. The molecule has 1 aliphatic heterocycles. The van der Waals surface area contributed by atoms with Crippen LogP contribution in [0.15, 0.2) is 0 Å². The van der Waals surface area contributed by atoms with Gasteiger partial charge in [-0.1, -0.05) is 48.0 Å². The van der Waals surface area contributed by atoms with Crippen LogP contribution in [0.5, 0.6) is 0 Å². The number of hydrogen-bond donors (Lipinski definition) is 1.